The predicted molar refractivity (Wildman–Crippen MR) is 68.7 cm³/mol. The van der Waals surface area contributed by atoms with Gasteiger partial charge in [0.05, 0.1) is 0 Å². The van der Waals surface area contributed by atoms with Gasteiger partial charge in [-0.05, 0) is 36.8 Å². The standard InChI is InChI=1S/C10H16BrN3S/c1-10(2)7-14(5-4-13(10)3)9-12-8(11)6-15-9/h6H,4-5,7H2,1-3H3. The maximum atomic E-state index is 4.47. The lowest BCUT2D eigenvalue weighted by Crippen LogP contribution is -2.57. The van der Waals surface area contributed by atoms with Crippen LogP contribution >= 0.6 is 27.3 Å². The van der Waals surface area contributed by atoms with Crippen LogP contribution in [0.15, 0.2) is 9.98 Å². The van der Waals surface area contributed by atoms with E-state index >= 15 is 0 Å². The molecule has 0 amide bonds. The molecule has 0 aliphatic carbocycles. The molecule has 3 nitrogen and oxygen atoms in total. The molecule has 0 atom stereocenters. The van der Waals surface area contributed by atoms with Crippen molar-refractivity contribution in [3.8, 4) is 0 Å². The Kier molecular flexibility index (Phi) is 3.05. The van der Waals surface area contributed by atoms with Gasteiger partial charge in [0.1, 0.15) is 4.60 Å². The summed E-state index contributed by atoms with van der Waals surface area (Å²) in [5.74, 6) is 0. The van der Waals surface area contributed by atoms with Gasteiger partial charge in [-0.1, -0.05) is 0 Å². The van der Waals surface area contributed by atoms with Crippen molar-refractivity contribution >= 4 is 32.4 Å². The Bertz CT molecular complexity index is 350. The van der Waals surface area contributed by atoms with E-state index in [4.69, 9.17) is 0 Å². The molecule has 0 unspecified atom stereocenters. The molecule has 2 heterocycles. The molecule has 84 valence electrons. The van der Waals surface area contributed by atoms with Crippen molar-refractivity contribution < 1.29 is 0 Å². The van der Waals surface area contributed by atoms with E-state index in [9.17, 15) is 0 Å². The molecule has 0 saturated carbocycles. The van der Waals surface area contributed by atoms with Gasteiger partial charge in [-0.15, -0.1) is 11.3 Å². The van der Waals surface area contributed by atoms with E-state index in [0.717, 1.165) is 29.4 Å². The molecular weight excluding hydrogens is 274 g/mol. The molecule has 1 aliphatic heterocycles. The van der Waals surface area contributed by atoms with Gasteiger partial charge in [-0.25, -0.2) is 4.98 Å². The first-order valence-electron chi connectivity index (χ1n) is 5.06. The van der Waals surface area contributed by atoms with E-state index in [1.54, 1.807) is 11.3 Å². The van der Waals surface area contributed by atoms with Crippen LogP contribution in [0.25, 0.3) is 0 Å². The van der Waals surface area contributed by atoms with Crippen LogP contribution in [0.2, 0.25) is 0 Å². The first-order valence-corrected chi connectivity index (χ1v) is 6.73. The molecule has 1 aliphatic rings. The average molecular weight is 290 g/mol. The van der Waals surface area contributed by atoms with E-state index in [-0.39, 0.29) is 5.54 Å². The summed E-state index contributed by atoms with van der Waals surface area (Å²) in [5, 5.41) is 3.17. The first kappa shape index (κ1) is 11.4. The number of rotatable bonds is 1. The molecular formula is C10H16BrN3S. The SMILES string of the molecule is CN1CCN(c2nc(Br)cs2)CC1(C)C. The Balaban J connectivity index is 2.13. The zero-order valence-electron chi connectivity index (χ0n) is 9.33. The number of anilines is 1. The summed E-state index contributed by atoms with van der Waals surface area (Å²) in [6, 6.07) is 0. The van der Waals surface area contributed by atoms with E-state index < -0.39 is 0 Å². The molecule has 1 saturated heterocycles. The van der Waals surface area contributed by atoms with Gasteiger partial charge in [0.25, 0.3) is 0 Å². The summed E-state index contributed by atoms with van der Waals surface area (Å²) >= 11 is 5.11. The molecule has 2 rings (SSSR count). The topological polar surface area (TPSA) is 19.4 Å². The summed E-state index contributed by atoms with van der Waals surface area (Å²) in [6.07, 6.45) is 0. The first-order chi connectivity index (χ1) is 6.99. The third-order valence-electron chi connectivity index (χ3n) is 3.05. The van der Waals surface area contributed by atoms with Gasteiger partial charge in [0, 0.05) is 30.6 Å². The van der Waals surface area contributed by atoms with Gasteiger partial charge in [-0.3, -0.25) is 4.90 Å². The lowest BCUT2D eigenvalue weighted by Gasteiger charge is -2.45. The van der Waals surface area contributed by atoms with Gasteiger partial charge in [0.2, 0.25) is 0 Å². The summed E-state index contributed by atoms with van der Waals surface area (Å²) in [5.41, 5.74) is 0.233. The number of aromatic nitrogens is 1. The monoisotopic (exact) mass is 289 g/mol. The number of hydrogen-bond acceptors (Lipinski definition) is 4. The van der Waals surface area contributed by atoms with Crippen molar-refractivity contribution in [2.75, 3.05) is 31.6 Å². The van der Waals surface area contributed by atoms with E-state index in [2.05, 4.69) is 51.6 Å². The number of likely N-dealkylation sites (N-methyl/N-ethyl adjacent to an activating group) is 1. The van der Waals surface area contributed by atoms with Crippen molar-refractivity contribution in [2.45, 2.75) is 19.4 Å². The summed E-state index contributed by atoms with van der Waals surface area (Å²) in [6.45, 7) is 7.77. The molecule has 1 aromatic rings. The molecule has 1 aromatic heterocycles. The molecule has 5 heteroatoms. The van der Waals surface area contributed by atoms with Crippen LogP contribution in [0.5, 0.6) is 0 Å². The minimum atomic E-state index is 0.233. The smallest absolute Gasteiger partial charge is 0.186 e. The van der Waals surface area contributed by atoms with Crippen LogP contribution < -0.4 is 4.90 Å². The number of thiazole rings is 1. The zero-order valence-corrected chi connectivity index (χ0v) is 11.7. The quantitative estimate of drug-likeness (QED) is 0.792. The third-order valence-corrected chi connectivity index (χ3v) is 4.66. The Morgan fingerprint density at radius 3 is 2.73 bits per heavy atom. The van der Waals surface area contributed by atoms with Crippen molar-refractivity contribution in [3.63, 3.8) is 0 Å². The fourth-order valence-corrected chi connectivity index (χ4v) is 3.07. The summed E-state index contributed by atoms with van der Waals surface area (Å²) < 4.78 is 0.944. The van der Waals surface area contributed by atoms with Crippen molar-refractivity contribution in [3.05, 3.63) is 9.98 Å². The van der Waals surface area contributed by atoms with Crippen molar-refractivity contribution in [1.29, 1.82) is 0 Å². The highest BCUT2D eigenvalue weighted by Crippen LogP contribution is 2.28. The Labute approximate surface area is 103 Å². The summed E-state index contributed by atoms with van der Waals surface area (Å²) in [7, 11) is 2.19. The zero-order chi connectivity index (χ0) is 11.1. The highest BCUT2D eigenvalue weighted by Gasteiger charge is 2.31. The molecule has 0 N–H and O–H groups in total. The summed E-state index contributed by atoms with van der Waals surface area (Å²) in [4.78, 5) is 9.25. The second-order valence-electron chi connectivity index (χ2n) is 4.61. The molecule has 0 bridgehead atoms. The minimum absolute atomic E-state index is 0.233. The Morgan fingerprint density at radius 1 is 1.47 bits per heavy atom. The van der Waals surface area contributed by atoms with Crippen LogP contribution in [0.1, 0.15) is 13.8 Å². The normalized spacial score (nSPS) is 22.0. The van der Waals surface area contributed by atoms with Gasteiger partial charge in [-0.2, -0.15) is 0 Å². The van der Waals surface area contributed by atoms with Crippen LogP contribution in [0.4, 0.5) is 5.13 Å². The number of nitrogens with zero attached hydrogens (tertiary/aromatic N) is 3. The van der Waals surface area contributed by atoms with E-state index in [1.807, 2.05) is 5.38 Å². The van der Waals surface area contributed by atoms with Crippen molar-refractivity contribution in [1.82, 2.24) is 9.88 Å². The molecule has 0 radical (unpaired) electrons. The minimum Gasteiger partial charge on any atom is -0.345 e. The molecule has 0 aromatic carbocycles. The van der Waals surface area contributed by atoms with Crippen LogP contribution in [0, 0.1) is 0 Å². The van der Waals surface area contributed by atoms with E-state index in [1.165, 1.54) is 0 Å². The maximum Gasteiger partial charge on any atom is 0.186 e. The van der Waals surface area contributed by atoms with Crippen LogP contribution in [-0.2, 0) is 0 Å². The van der Waals surface area contributed by atoms with E-state index in [0.29, 0.717) is 0 Å². The maximum absolute atomic E-state index is 4.47. The fraction of sp³-hybridized carbons (Fsp3) is 0.700. The highest BCUT2D eigenvalue weighted by atomic mass is 79.9. The Morgan fingerprint density at radius 2 is 2.20 bits per heavy atom. The highest BCUT2D eigenvalue weighted by molar-refractivity contribution is 9.10. The second-order valence-corrected chi connectivity index (χ2v) is 6.26. The number of piperazine rings is 1. The fourth-order valence-electron chi connectivity index (χ4n) is 1.79. The molecule has 1 fully saturated rings. The predicted octanol–water partition coefficient (Wildman–Crippen LogP) is 2.44. The number of hydrogen-bond donors (Lipinski definition) is 0. The van der Waals surface area contributed by atoms with Gasteiger partial charge < -0.3 is 4.90 Å². The molecule has 15 heavy (non-hydrogen) atoms. The van der Waals surface area contributed by atoms with Gasteiger partial charge >= 0.3 is 0 Å². The second kappa shape index (κ2) is 4.03. The largest absolute Gasteiger partial charge is 0.345 e. The van der Waals surface area contributed by atoms with Crippen LogP contribution in [-0.4, -0.2) is 42.1 Å². The number of halogens is 1. The lowest BCUT2D eigenvalue weighted by molar-refractivity contribution is 0.139. The van der Waals surface area contributed by atoms with Crippen LogP contribution in [0.3, 0.4) is 0 Å². The average Bonchev–Trinajstić information content (AvgIpc) is 2.57. The van der Waals surface area contributed by atoms with Gasteiger partial charge in [0.15, 0.2) is 5.13 Å². The third kappa shape index (κ3) is 2.34. The molecule has 0 spiro atoms. The lowest BCUT2D eigenvalue weighted by atomic mass is 10.0. The van der Waals surface area contributed by atoms with Crippen molar-refractivity contribution in [2.24, 2.45) is 0 Å². The Hall–Kier alpha value is -0.130.